The average Bonchev–Trinajstić information content (AvgIpc) is 2.95. The number of rotatable bonds is 21. The largest absolute Gasteiger partial charge is 1.00 e. The molecule has 3 aromatic carbocycles. The third-order valence-corrected chi connectivity index (χ3v) is 8.07. The molecule has 0 N–H and O–H groups in total. The van der Waals surface area contributed by atoms with E-state index in [9.17, 15) is 0 Å². The van der Waals surface area contributed by atoms with Crippen molar-refractivity contribution < 1.29 is 21.5 Å². The molecule has 39 heavy (non-hydrogen) atoms. The molecule has 0 bridgehead atoms. The zero-order valence-electron chi connectivity index (χ0n) is 24.7. The molecule has 0 saturated carbocycles. The summed E-state index contributed by atoms with van der Waals surface area (Å²) < 4.78 is 1.09. The van der Waals surface area contributed by atoms with E-state index in [1.165, 1.54) is 113 Å². The summed E-state index contributed by atoms with van der Waals surface area (Å²) in [7, 11) is 0. The lowest BCUT2D eigenvalue weighted by Gasteiger charge is -2.39. The Kier molecular flexibility index (Phi) is 17.9. The van der Waals surface area contributed by atoms with Gasteiger partial charge in [0.15, 0.2) is 0 Å². The van der Waals surface area contributed by atoms with Crippen LogP contribution in [0.25, 0.3) is 0 Å². The molecule has 0 spiro atoms. The quantitative estimate of drug-likeness (QED) is 0.0872. The Labute approximate surface area is 251 Å². The first kappa shape index (κ1) is 33.3. The van der Waals surface area contributed by atoms with E-state index in [0.717, 1.165) is 24.1 Å². The molecular weight excluding hydrogens is 538 g/mol. The monoisotopic (exact) mass is 591 g/mol. The van der Waals surface area contributed by atoms with Crippen molar-refractivity contribution in [1.82, 2.24) is 0 Å². The third kappa shape index (κ3) is 14.3. The van der Waals surface area contributed by atoms with Crippen LogP contribution in [0.3, 0.4) is 0 Å². The normalized spacial score (nSPS) is 11.3. The fourth-order valence-corrected chi connectivity index (χ4v) is 5.96. The molecule has 1 nitrogen and oxygen atoms in total. The van der Waals surface area contributed by atoms with E-state index in [-0.39, 0.29) is 17.0 Å². The lowest BCUT2D eigenvalue weighted by atomic mass is 10.0. The van der Waals surface area contributed by atoms with Gasteiger partial charge in [-0.3, -0.25) is 0 Å². The van der Waals surface area contributed by atoms with Crippen LogP contribution < -0.4 is 17.0 Å². The zero-order chi connectivity index (χ0) is 26.6. The van der Waals surface area contributed by atoms with Gasteiger partial charge in [-0.15, -0.1) is 0 Å². The molecule has 0 fully saturated rings. The van der Waals surface area contributed by atoms with Gasteiger partial charge >= 0.3 is 0 Å². The number of unbranched alkanes of at least 4 members (excludes halogenated alkanes) is 13. The summed E-state index contributed by atoms with van der Waals surface area (Å²) in [5.41, 5.74) is 4.35. The first-order valence-corrected chi connectivity index (χ1v) is 15.8. The van der Waals surface area contributed by atoms with Crippen LogP contribution in [0.5, 0.6) is 0 Å². The molecule has 0 atom stereocenters. The molecule has 0 heterocycles. The van der Waals surface area contributed by atoms with Crippen LogP contribution in [0.4, 0.5) is 0 Å². The second kappa shape index (κ2) is 20.9. The summed E-state index contributed by atoms with van der Waals surface area (Å²) in [4.78, 5) is 0. The van der Waals surface area contributed by atoms with Gasteiger partial charge in [-0.25, -0.2) is 0 Å². The van der Waals surface area contributed by atoms with Crippen molar-refractivity contribution in [2.24, 2.45) is 0 Å². The van der Waals surface area contributed by atoms with E-state index in [0.29, 0.717) is 0 Å². The van der Waals surface area contributed by atoms with Gasteiger partial charge in [0.2, 0.25) is 0 Å². The standard InChI is InChI=1S/C37H54N.BrH/c1-2-3-4-5-6-7-8-9-10-11-12-13-14-24-31-38(32-35-25-18-15-19-26-35,33-36-27-20-16-21-28-36)34-37-29-22-17-23-30-37;/h15-23,25-30H,2-14,24,31-34H2,1H3;1H/q+1;/p-1. The molecule has 0 aromatic heterocycles. The van der Waals surface area contributed by atoms with Gasteiger partial charge in [-0.1, -0.05) is 175 Å². The van der Waals surface area contributed by atoms with Gasteiger partial charge in [0.25, 0.3) is 0 Å². The van der Waals surface area contributed by atoms with Crippen LogP contribution in [-0.2, 0) is 19.6 Å². The molecule has 2 heteroatoms. The minimum Gasteiger partial charge on any atom is -1.00 e. The number of benzene rings is 3. The van der Waals surface area contributed by atoms with E-state index >= 15 is 0 Å². The predicted octanol–water partition coefficient (Wildman–Crippen LogP) is 7.89. The first-order valence-electron chi connectivity index (χ1n) is 15.8. The summed E-state index contributed by atoms with van der Waals surface area (Å²) in [6, 6.07) is 33.5. The summed E-state index contributed by atoms with van der Waals surface area (Å²) in [6.07, 6.45) is 19.8. The van der Waals surface area contributed by atoms with Gasteiger partial charge in [-0.05, 0) is 12.8 Å². The van der Waals surface area contributed by atoms with Crippen molar-refractivity contribution in [3.05, 3.63) is 108 Å². The van der Waals surface area contributed by atoms with Crippen LogP contribution in [0, 0.1) is 0 Å². The summed E-state index contributed by atoms with van der Waals surface area (Å²) in [5.74, 6) is 0. The molecule has 0 saturated heterocycles. The van der Waals surface area contributed by atoms with Crippen molar-refractivity contribution in [1.29, 1.82) is 0 Å². The molecule has 0 radical (unpaired) electrons. The maximum atomic E-state index is 2.31. The summed E-state index contributed by atoms with van der Waals surface area (Å²) in [6.45, 7) is 6.79. The molecule has 0 amide bonds. The van der Waals surface area contributed by atoms with Crippen LogP contribution in [-0.4, -0.2) is 11.0 Å². The van der Waals surface area contributed by atoms with E-state index in [1.54, 1.807) is 0 Å². The zero-order valence-corrected chi connectivity index (χ0v) is 26.3. The minimum atomic E-state index is 0. The Morgan fingerprint density at radius 1 is 0.385 bits per heavy atom. The van der Waals surface area contributed by atoms with Gasteiger partial charge in [-0.2, -0.15) is 0 Å². The second-order valence-corrected chi connectivity index (χ2v) is 11.6. The predicted molar refractivity (Wildman–Crippen MR) is 166 cm³/mol. The molecule has 0 unspecified atom stereocenters. The lowest BCUT2D eigenvalue weighted by molar-refractivity contribution is -0.966. The summed E-state index contributed by atoms with van der Waals surface area (Å²) >= 11 is 0. The Bertz CT molecular complexity index is 840. The van der Waals surface area contributed by atoms with E-state index in [4.69, 9.17) is 0 Å². The van der Waals surface area contributed by atoms with Gasteiger partial charge in [0.1, 0.15) is 19.6 Å². The molecule has 3 rings (SSSR count). The molecular formula is C37H54BrN. The molecule has 0 aliphatic heterocycles. The van der Waals surface area contributed by atoms with E-state index in [2.05, 4.69) is 97.9 Å². The Morgan fingerprint density at radius 2 is 0.667 bits per heavy atom. The van der Waals surface area contributed by atoms with Crippen LogP contribution in [0.15, 0.2) is 91.0 Å². The van der Waals surface area contributed by atoms with Crippen LogP contribution >= 0.6 is 0 Å². The Balaban J connectivity index is 0.00000533. The number of hydrogen-bond donors (Lipinski definition) is 0. The van der Waals surface area contributed by atoms with Crippen molar-refractivity contribution in [2.45, 2.75) is 116 Å². The highest BCUT2D eigenvalue weighted by Gasteiger charge is 2.28. The van der Waals surface area contributed by atoms with Crippen LogP contribution in [0.2, 0.25) is 0 Å². The second-order valence-electron chi connectivity index (χ2n) is 11.6. The minimum absolute atomic E-state index is 0. The van der Waals surface area contributed by atoms with Gasteiger partial charge < -0.3 is 21.5 Å². The van der Waals surface area contributed by atoms with Gasteiger partial charge in [0.05, 0.1) is 6.54 Å². The number of quaternary nitrogens is 1. The fraction of sp³-hybridized carbons (Fsp3) is 0.514. The molecule has 0 aliphatic rings. The average molecular weight is 593 g/mol. The van der Waals surface area contributed by atoms with Crippen molar-refractivity contribution >= 4 is 0 Å². The lowest BCUT2D eigenvalue weighted by Crippen LogP contribution is -3.00. The maximum Gasteiger partial charge on any atom is 0.105 e. The topological polar surface area (TPSA) is 0 Å². The Morgan fingerprint density at radius 3 is 0.974 bits per heavy atom. The number of halogens is 1. The van der Waals surface area contributed by atoms with Crippen molar-refractivity contribution in [3.8, 4) is 0 Å². The third-order valence-electron chi connectivity index (χ3n) is 8.07. The van der Waals surface area contributed by atoms with E-state index in [1.807, 2.05) is 0 Å². The molecule has 0 aliphatic carbocycles. The van der Waals surface area contributed by atoms with Crippen LogP contribution in [0.1, 0.15) is 114 Å². The maximum absolute atomic E-state index is 2.31. The molecule has 214 valence electrons. The van der Waals surface area contributed by atoms with Crippen molar-refractivity contribution in [2.75, 3.05) is 6.54 Å². The fourth-order valence-electron chi connectivity index (χ4n) is 5.96. The van der Waals surface area contributed by atoms with Crippen molar-refractivity contribution in [3.63, 3.8) is 0 Å². The smallest absolute Gasteiger partial charge is 0.105 e. The highest BCUT2D eigenvalue weighted by molar-refractivity contribution is 5.17. The van der Waals surface area contributed by atoms with Gasteiger partial charge in [0, 0.05) is 16.7 Å². The Hall–Kier alpha value is -1.90. The number of hydrogen-bond acceptors (Lipinski definition) is 0. The highest BCUT2D eigenvalue weighted by atomic mass is 79.9. The van der Waals surface area contributed by atoms with E-state index < -0.39 is 0 Å². The highest BCUT2D eigenvalue weighted by Crippen LogP contribution is 2.26. The molecule has 3 aromatic rings. The SMILES string of the molecule is CCCCCCCCCCCCCCCC[N+](Cc1ccccc1)(Cc1ccccc1)Cc1ccccc1.[Br-]. The first-order chi connectivity index (χ1) is 18.8. The number of nitrogens with zero attached hydrogens (tertiary/aromatic N) is 1. The summed E-state index contributed by atoms with van der Waals surface area (Å²) in [5, 5.41) is 0.